The molecule has 0 saturated carbocycles. The maximum Gasteiger partial charge on any atom is 0.268 e. The summed E-state index contributed by atoms with van der Waals surface area (Å²) in [4.78, 5) is 4.17. The lowest BCUT2D eigenvalue weighted by Gasteiger charge is -2.03. The van der Waals surface area contributed by atoms with Crippen LogP contribution in [0.15, 0.2) is 16.5 Å². The molecule has 0 aliphatic heterocycles. The molecule has 7 nitrogen and oxygen atoms in total. The molecule has 0 aliphatic carbocycles. The largest absolute Gasteiger partial charge is 0.381 e. The Kier molecular flexibility index (Phi) is 3.50. The second kappa shape index (κ2) is 4.82. The molecule has 0 amide bonds. The molecule has 0 spiro atoms. The highest BCUT2D eigenvalue weighted by Crippen LogP contribution is 2.25. The van der Waals surface area contributed by atoms with Crippen molar-refractivity contribution < 1.29 is 8.42 Å². The Morgan fingerprint density at radius 1 is 1.47 bits per heavy atom. The first-order valence-corrected chi connectivity index (χ1v) is 7.93. The van der Waals surface area contributed by atoms with Crippen molar-refractivity contribution in [1.29, 1.82) is 0 Å². The third-order valence-electron chi connectivity index (χ3n) is 2.45. The molecule has 0 aliphatic rings. The van der Waals surface area contributed by atoms with E-state index in [0.29, 0.717) is 5.13 Å². The first-order valence-electron chi connectivity index (χ1n) is 5.57. The summed E-state index contributed by atoms with van der Waals surface area (Å²) < 4.78 is 28.0. The van der Waals surface area contributed by atoms with E-state index in [0.717, 1.165) is 5.69 Å². The Morgan fingerprint density at radius 3 is 2.63 bits per heavy atom. The monoisotopic (exact) mass is 301 g/mol. The molecule has 0 aromatic carbocycles. The number of thiazole rings is 1. The maximum atomic E-state index is 12.1. The fourth-order valence-corrected chi connectivity index (χ4v) is 3.69. The van der Waals surface area contributed by atoms with Gasteiger partial charge >= 0.3 is 0 Å². The highest BCUT2D eigenvalue weighted by Gasteiger charge is 2.22. The quantitative estimate of drug-likeness (QED) is 0.888. The Balaban J connectivity index is 2.28. The number of aryl methyl sites for hydroxylation is 1. The van der Waals surface area contributed by atoms with E-state index < -0.39 is 10.0 Å². The van der Waals surface area contributed by atoms with E-state index in [2.05, 4.69) is 14.8 Å². The number of aromatic nitrogens is 3. The van der Waals surface area contributed by atoms with Crippen LogP contribution in [0.25, 0.3) is 0 Å². The van der Waals surface area contributed by atoms with Crippen LogP contribution in [0.3, 0.4) is 0 Å². The SMILES string of the molecule is CC(C)c1csc(NS(=O)(=O)c2cn(C)nc2N)n1. The van der Waals surface area contributed by atoms with Crippen molar-refractivity contribution in [3.63, 3.8) is 0 Å². The molecule has 0 bridgehead atoms. The van der Waals surface area contributed by atoms with Crippen LogP contribution in [-0.4, -0.2) is 23.2 Å². The Labute approximate surface area is 115 Å². The zero-order chi connectivity index (χ0) is 14.2. The van der Waals surface area contributed by atoms with Gasteiger partial charge in [0.15, 0.2) is 10.9 Å². The average Bonchev–Trinajstić information content (AvgIpc) is 2.85. The van der Waals surface area contributed by atoms with Crippen molar-refractivity contribution in [3.8, 4) is 0 Å². The Morgan fingerprint density at radius 2 is 2.16 bits per heavy atom. The number of anilines is 2. The second-order valence-corrected chi connectivity index (χ2v) is 6.90. The van der Waals surface area contributed by atoms with Crippen molar-refractivity contribution in [2.24, 2.45) is 7.05 Å². The number of nitrogens with two attached hydrogens (primary N) is 1. The van der Waals surface area contributed by atoms with Crippen LogP contribution in [0.5, 0.6) is 0 Å². The summed E-state index contributed by atoms with van der Waals surface area (Å²) in [6.07, 6.45) is 1.36. The molecule has 3 N–H and O–H groups in total. The van der Waals surface area contributed by atoms with E-state index in [1.807, 2.05) is 19.2 Å². The summed E-state index contributed by atoms with van der Waals surface area (Å²) in [5.41, 5.74) is 6.42. The summed E-state index contributed by atoms with van der Waals surface area (Å²) in [5, 5.41) is 5.97. The molecule has 9 heteroatoms. The summed E-state index contributed by atoms with van der Waals surface area (Å²) in [6.45, 7) is 3.98. The number of nitrogen functional groups attached to an aromatic ring is 1. The number of rotatable bonds is 4. The molecule has 104 valence electrons. The fraction of sp³-hybridized carbons (Fsp3) is 0.400. The van der Waals surface area contributed by atoms with Crippen LogP contribution >= 0.6 is 11.3 Å². The predicted molar refractivity (Wildman–Crippen MR) is 74.6 cm³/mol. The highest BCUT2D eigenvalue weighted by molar-refractivity contribution is 7.93. The normalized spacial score (nSPS) is 12.0. The summed E-state index contributed by atoms with van der Waals surface area (Å²) >= 11 is 1.24. The van der Waals surface area contributed by atoms with Crippen LogP contribution < -0.4 is 10.5 Å². The van der Waals surface area contributed by atoms with E-state index >= 15 is 0 Å². The Hall–Kier alpha value is -1.61. The van der Waals surface area contributed by atoms with Gasteiger partial charge in [-0.15, -0.1) is 11.3 Å². The zero-order valence-corrected chi connectivity index (χ0v) is 12.4. The van der Waals surface area contributed by atoms with Crippen LogP contribution in [0.1, 0.15) is 25.5 Å². The first-order chi connectivity index (χ1) is 8.79. The van der Waals surface area contributed by atoms with Crippen LogP contribution in [0.2, 0.25) is 0 Å². The molecule has 0 unspecified atom stereocenters. The smallest absolute Gasteiger partial charge is 0.268 e. The third kappa shape index (κ3) is 2.87. The molecule has 0 atom stereocenters. The molecule has 2 aromatic heterocycles. The van der Waals surface area contributed by atoms with Gasteiger partial charge in [0, 0.05) is 18.6 Å². The topological polar surface area (TPSA) is 103 Å². The average molecular weight is 301 g/mol. The predicted octanol–water partition coefficient (Wildman–Crippen LogP) is 1.38. The molecule has 2 heterocycles. The summed E-state index contributed by atoms with van der Waals surface area (Å²) in [6, 6.07) is 0. The van der Waals surface area contributed by atoms with E-state index in [-0.39, 0.29) is 16.6 Å². The van der Waals surface area contributed by atoms with Gasteiger partial charge in [-0.1, -0.05) is 13.8 Å². The maximum absolute atomic E-state index is 12.1. The van der Waals surface area contributed by atoms with Crippen molar-refractivity contribution in [3.05, 3.63) is 17.3 Å². The Bertz CT molecular complexity index is 687. The zero-order valence-electron chi connectivity index (χ0n) is 10.8. The highest BCUT2D eigenvalue weighted by atomic mass is 32.2. The van der Waals surface area contributed by atoms with Crippen molar-refractivity contribution >= 4 is 32.3 Å². The van der Waals surface area contributed by atoms with Gasteiger partial charge < -0.3 is 5.73 Å². The molecule has 2 rings (SSSR count). The van der Waals surface area contributed by atoms with Crippen molar-refractivity contribution in [2.45, 2.75) is 24.7 Å². The van der Waals surface area contributed by atoms with E-state index in [9.17, 15) is 8.42 Å². The summed E-state index contributed by atoms with van der Waals surface area (Å²) in [5.74, 6) is 0.216. The fourth-order valence-electron chi connectivity index (χ4n) is 1.46. The van der Waals surface area contributed by atoms with E-state index in [4.69, 9.17) is 5.73 Å². The molecular weight excluding hydrogens is 286 g/mol. The van der Waals surface area contributed by atoms with Crippen LogP contribution in [-0.2, 0) is 17.1 Å². The minimum Gasteiger partial charge on any atom is -0.381 e. The van der Waals surface area contributed by atoms with Gasteiger partial charge in [0.05, 0.1) is 5.69 Å². The van der Waals surface area contributed by atoms with Crippen molar-refractivity contribution in [2.75, 3.05) is 10.5 Å². The van der Waals surface area contributed by atoms with Crippen LogP contribution in [0, 0.1) is 0 Å². The lowest BCUT2D eigenvalue weighted by Crippen LogP contribution is -2.13. The lowest BCUT2D eigenvalue weighted by molar-refractivity contribution is 0.601. The van der Waals surface area contributed by atoms with Gasteiger partial charge in [-0.3, -0.25) is 9.40 Å². The van der Waals surface area contributed by atoms with Gasteiger partial charge in [0.2, 0.25) is 0 Å². The standard InChI is InChI=1S/C10H15N5O2S2/c1-6(2)7-5-18-10(12-7)14-19(16,17)8-4-15(3)13-9(8)11/h4-6H,1-3H3,(H2,11,13)(H,12,14). The number of nitrogens with one attached hydrogen (secondary N) is 1. The number of sulfonamides is 1. The number of nitrogens with zero attached hydrogens (tertiary/aromatic N) is 3. The van der Waals surface area contributed by atoms with Gasteiger partial charge in [-0.2, -0.15) is 5.10 Å². The molecular formula is C10H15N5O2S2. The molecule has 0 saturated heterocycles. The van der Waals surface area contributed by atoms with Gasteiger partial charge in [0.1, 0.15) is 4.90 Å². The van der Waals surface area contributed by atoms with Gasteiger partial charge in [0.25, 0.3) is 10.0 Å². The number of hydrogen-bond acceptors (Lipinski definition) is 6. The second-order valence-electron chi connectivity index (χ2n) is 4.39. The van der Waals surface area contributed by atoms with E-state index in [1.54, 1.807) is 7.05 Å². The third-order valence-corrected chi connectivity index (χ3v) is 4.71. The lowest BCUT2D eigenvalue weighted by atomic mass is 10.2. The van der Waals surface area contributed by atoms with Crippen LogP contribution in [0.4, 0.5) is 10.9 Å². The van der Waals surface area contributed by atoms with E-state index in [1.165, 1.54) is 22.2 Å². The first kappa shape index (κ1) is 13.8. The molecule has 2 aromatic rings. The molecule has 0 fully saturated rings. The van der Waals surface area contributed by atoms with Gasteiger partial charge in [-0.25, -0.2) is 13.4 Å². The molecule has 19 heavy (non-hydrogen) atoms. The minimum atomic E-state index is -3.75. The summed E-state index contributed by atoms with van der Waals surface area (Å²) in [7, 11) is -2.14. The minimum absolute atomic E-state index is 0.0318. The number of hydrogen-bond donors (Lipinski definition) is 2. The van der Waals surface area contributed by atoms with Gasteiger partial charge in [-0.05, 0) is 5.92 Å². The molecule has 0 radical (unpaired) electrons. The van der Waals surface area contributed by atoms with Crippen molar-refractivity contribution in [1.82, 2.24) is 14.8 Å².